The van der Waals surface area contributed by atoms with Gasteiger partial charge in [-0.3, -0.25) is 0 Å². The molecule has 1 aliphatic carbocycles. The zero-order valence-electron chi connectivity index (χ0n) is 21.7. The minimum Gasteiger partial charge on any atom is -0.0622 e. The molecule has 0 heterocycles. The van der Waals surface area contributed by atoms with Gasteiger partial charge in [0.05, 0.1) is 0 Å². The van der Waals surface area contributed by atoms with Crippen LogP contribution in [-0.2, 0) is 21.1 Å². The Morgan fingerprint density at radius 3 is 0.538 bits per heavy atom. The van der Waals surface area contributed by atoms with E-state index in [0.717, 1.165) is 0 Å². The Morgan fingerprint density at radius 1 is 0.282 bits per heavy atom. The fourth-order valence-electron chi connectivity index (χ4n) is 5.09. The molecule has 0 amide bonds. The molecule has 0 aromatic heterocycles. The van der Waals surface area contributed by atoms with E-state index in [4.69, 9.17) is 0 Å². The summed E-state index contributed by atoms with van der Waals surface area (Å²) in [6.45, 7) is 6.50. The van der Waals surface area contributed by atoms with E-state index >= 15 is 0 Å². The van der Waals surface area contributed by atoms with Gasteiger partial charge in [-0.25, -0.2) is 0 Å². The Bertz CT molecular complexity index is 1090. The standard InChI is InChI=1S/C35H25.C3H5.Pt/c1-6-16-26(17-7-1)31-32(27-18-8-2-9-19-27)34(29-22-12-4-13-23-29)35(30-24-14-5-15-25-30)33(31)28-20-10-3-11-21-28;1-3-2;/h1-25H;3H,1-2H2;. The van der Waals surface area contributed by atoms with E-state index in [0.29, 0.717) is 0 Å². The molecule has 5 aromatic rings. The molecule has 1 fully saturated rings. The predicted octanol–water partition coefficient (Wildman–Crippen LogP) is 8.97. The van der Waals surface area contributed by atoms with Crippen LogP contribution in [0.25, 0.3) is 0 Å². The molecule has 6 rings (SSSR count). The molecule has 8 radical (unpaired) electrons. The van der Waals surface area contributed by atoms with Crippen molar-refractivity contribution in [1.82, 2.24) is 0 Å². The molecule has 0 aliphatic heterocycles. The van der Waals surface area contributed by atoms with E-state index < -0.39 is 0 Å². The molecule has 1 aliphatic rings. The molecular weight excluding hydrogens is 651 g/mol. The molecule has 0 nitrogen and oxygen atoms in total. The molecule has 39 heavy (non-hydrogen) atoms. The van der Waals surface area contributed by atoms with Gasteiger partial charge in [-0.15, -0.1) is 0 Å². The quantitative estimate of drug-likeness (QED) is 0.174. The number of rotatable bonds is 5. The molecule has 0 N–H and O–H groups in total. The molecule has 0 atom stereocenters. The summed E-state index contributed by atoms with van der Waals surface area (Å²) < 4.78 is 0. The van der Waals surface area contributed by atoms with Gasteiger partial charge in [-0.05, 0) is 48.1 Å². The van der Waals surface area contributed by atoms with Crippen molar-refractivity contribution in [3.05, 3.63) is 229 Å². The number of benzene rings is 5. The largest absolute Gasteiger partial charge is 0.0622 e. The second-order valence-corrected chi connectivity index (χ2v) is 8.99. The van der Waals surface area contributed by atoms with Crippen molar-refractivity contribution in [1.29, 1.82) is 0 Å². The summed E-state index contributed by atoms with van der Waals surface area (Å²) >= 11 is 0. The Hall–Kier alpha value is -3.21. The summed E-state index contributed by atoms with van der Waals surface area (Å²) in [5.74, 6) is 6.39. The zero-order chi connectivity index (χ0) is 26.2. The van der Waals surface area contributed by atoms with Crippen molar-refractivity contribution in [3.8, 4) is 0 Å². The van der Waals surface area contributed by atoms with Gasteiger partial charge >= 0.3 is 0 Å². The third kappa shape index (κ3) is 6.34. The van der Waals surface area contributed by atoms with Gasteiger partial charge in [0.2, 0.25) is 0 Å². The van der Waals surface area contributed by atoms with Crippen molar-refractivity contribution >= 4 is 0 Å². The Labute approximate surface area is 249 Å². The molecule has 1 heteroatoms. The van der Waals surface area contributed by atoms with Gasteiger partial charge in [-0.1, -0.05) is 152 Å². The van der Waals surface area contributed by atoms with E-state index in [2.05, 4.69) is 166 Å². The zero-order valence-corrected chi connectivity index (χ0v) is 24.0. The first-order chi connectivity index (χ1) is 18.8. The van der Waals surface area contributed by atoms with Crippen molar-refractivity contribution < 1.29 is 21.1 Å². The summed E-state index contributed by atoms with van der Waals surface area (Å²) in [6, 6.07) is 54.1. The molecule has 0 bridgehead atoms. The maximum atomic E-state index is 3.25. The van der Waals surface area contributed by atoms with Crippen molar-refractivity contribution in [2.24, 2.45) is 0 Å². The van der Waals surface area contributed by atoms with Crippen LogP contribution in [0.1, 0.15) is 27.8 Å². The minimum absolute atomic E-state index is 0. The normalized spacial score (nSPS) is 14.8. The van der Waals surface area contributed by atoms with Gasteiger partial charge in [0, 0.05) is 50.7 Å². The van der Waals surface area contributed by atoms with Gasteiger partial charge in [0.1, 0.15) is 0 Å². The van der Waals surface area contributed by atoms with Crippen molar-refractivity contribution in [2.75, 3.05) is 0 Å². The summed E-state index contributed by atoms with van der Waals surface area (Å²) in [7, 11) is 0. The van der Waals surface area contributed by atoms with Crippen LogP contribution in [0.4, 0.5) is 0 Å². The van der Waals surface area contributed by atoms with Gasteiger partial charge in [-0.2, -0.15) is 0 Å². The predicted molar refractivity (Wildman–Crippen MR) is 159 cm³/mol. The second-order valence-electron chi connectivity index (χ2n) is 8.99. The topological polar surface area (TPSA) is 0 Å². The van der Waals surface area contributed by atoms with E-state index in [1.807, 2.05) is 0 Å². The molecule has 0 saturated heterocycles. The average Bonchev–Trinajstić information content (AvgIpc) is 3.36. The molecule has 1 saturated carbocycles. The van der Waals surface area contributed by atoms with E-state index in [-0.39, 0.29) is 21.1 Å². The second kappa shape index (κ2) is 14.3. The molecule has 0 spiro atoms. The number of hydrogen-bond donors (Lipinski definition) is 0. The fraction of sp³-hybridized carbons (Fsp3) is 0. The van der Waals surface area contributed by atoms with E-state index in [1.165, 1.54) is 63.8 Å². The summed E-state index contributed by atoms with van der Waals surface area (Å²) in [5.41, 5.74) is 6.13. The molecule has 5 aromatic carbocycles. The fourth-order valence-corrected chi connectivity index (χ4v) is 5.09. The Balaban J connectivity index is 0.000000845. The van der Waals surface area contributed by atoms with Crippen LogP contribution >= 0.6 is 0 Å². The van der Waals surface area contributed by atoms with Crippen LogP contribution in [0.3, 0.4) is 0 Å². The maximum absolute atomic E-state index is 3.25. The summed E-state index contributed by atoms with van der Waals surface area (Å²) in [6.07, 6.45) is 1.50. The minimum atomic E-state index is 0. The van der Waals surface area contributed by atoms with Crippen molar-refractivity contribution in [3.63, 3.8) is 0 Å². The SMILES string of the molecule is [CH2][CH][CH2].[Pt].c1ccc([C]2[C](c3ccccc3)[C](c3ccccc3)[C](c3ccccc3)[C]2c2ccccc2)cc1. The van der Waals surface area contributed by atoms with Gasteiger partial charge < -0.3 is 0 Å². The van der Waals surface area contributed by atoms with Gasteiger partial charge in [0.15, 0.2) is 0 Å². The Kier molecular flexibility index (Phi) is 10.5. The van der Waals surface area contributed by atoms with Crippen molar-refractivity contribution in [2.45, 2.75) is 0 Å². The van der Waals surface area contributed by atoms with Gasteiger partial charge in [0.25, 0.3) is 0 Å². The van der Waals surface area contributed by atoms with Crippen LogP contribution in [0, 0.1) is 49.9 Å². The van der Waals surface area contributed by atoms with Crippen LogP contribution in [0.5, 0.6) is 0 Å². The molecule has 0 unspecified atom stereocenters. The Morgan fingerprint density at radius 2 is 0.410 bits per heavy atom. The van der Waals surface area contributed by atoms with Crippen LogP contribution in [0.2, 0.25) is 0 Å². The van der Waals surface area contributed by atoms with Crippen LogP contribution in [0.15, 0.2) is 152 Å². The first-order valence-electron chi connectivity index (χ1n) is 12.9. The molecular formula is C38H30Pt. The summed E-state index contributed by atoms with van der Waals surface area (Å²) in [5, 5.41) is 0. The van der Waals surface area contributed by atoms with E-state index in [1.54, 1.807) is 0 Å². The van der Waals surface area contributed by atoms with Crippen LogP contribution < -0.4 is 0 Å². The van der Waals surface area contributed by atoms with E-state index in [9.17, 15) is 0 Å². The van der Waals surface area contributed by atoms with Crippen LogP contribution in [-0.4, -0.2) is 0 Å². The smallest absolute Gasteiger partial charge is 0.0299 e. The average molecular weight is 682 g/mol. The third-order valence-electron chi connectivity index (χ3n) is 6.56. The number of hydrogen-bond acceptors (Lipinski definition) is 0. The summed E-state index contributed by atoms with van der Waals surface area (Å²) in [4.78, 5) is 0. The first-order valence-corrected chi connectivity index (χ1v) is 12.9. The molecule has 192 valence electrons. The maximum Gasteiger partial charge on any atom is 0.0299 e. The monoisotopic (exact) mass is 681 g/mol. The third-order valence-corrected chi connectivity index (χ3v) is 6.56. The first kappa shape index (κ1) is 28.8.